The van der Waals surface area contributed by atoms with E-state index in [1.165, 1.54) is 19.2 Å². The first-order valence-electron chi connectivity index (χ1n) is 10.3. The molecule has 0 fully saturated rings. The second-order valence-electron chi connectivity index (χ2n) is 7.36. The van der Waals surface area contributed by atoms with Crippen LogP contribution in [-0.4, -0.2) is 13.1 Å². The summed E-state index contributed by atoms with van der Waals surface area (Å²) in [6, 6.07) is 20.0. The van der Waals surface area contributed by atoms with E-state index in [9.17, 15) is 18.0 Å². The minimum Gasteiger partial charge on any atom is -0.489 e. The van der Waals surface area contributed by atoms with E-state index in [1.807, 2.05) is 48.5 Å². The van der Waals surface area contributed by atoms with Crippen molar-refractivity contribution in [2.24, 2.45) is 0 Å². The van der Waals surface area contributed by atoms with E-state index in [-0.39, 0.29) is 18.3 Å². The molecule has 0 aromatic heterocycles. The van der Waals surface area contributed by atoms with Crippen molar-refractivity contribution in [1.29, 1.82) is 0 Å². The van der Waals surface area contributed by atoms with Crippen molar-refractivity contribution in [2.45, 2.75) is 32.0 Å². The lowest BCUT2D eigenvalue weighted by Crippen LogP contribution is -2.07. The van der Waals surface area contributed by atoms with E-state index in [2.05, 4.69) is 11.8 Å². The fourth-order valence-electron chi connectivity index (χ4n) is 3.28. The summed E-state index contributed by atoms with van der Waals surface area (Å²) in [6.07, 6.45) is -4.16. The molecular weight excluding hydrogens is 429 g/mol. The van der Waals surface area contributed by atoms with Gasteiger partial charge in [0, 0.05) is 0 Å². The van der Waals surface area contributed by atoms with Crippen molar-refractivity contribution in [1.82, 2.24) is 0 Å². The topological polar surface area (TPSA) is 35.5 Å². The molecule has 0 saturated heterocycles. The molecule has 3 rings (SSSR count). The standard InChI is InChI=1S/C27H23F3O3/c1-3-4-23(17-26(31)32-2)22-11-15-25(16-12-22)33-18-19-5-7-20(8-6-19)21-9-13-24(14-10-21)27(28,29)30/h5-16,23H,17-18H2,1-2H3/t23-/m0/s1. The minimum atomic E-state index is -4.34. The molecule has 0 amide bonds. The molecule has 0 radical (unpaired) electrons. The Bertz CT molecular complexity index is 1120. The van der Waals surface area contributed by atoms with Gasteiger partial charge in [-0.2, -0.15) is 13.2 Å². The number of ether oxygens (including phenoxy) is 2. The molecule has 3 aromatic carbocycles. The maximum atomic E-state index is 12.7. The number of carbonyl (C=O) groups is 1. The van der Waals surface area contributed by atoms with Gasteiger partial charge in [0.05, 0.1) is 25.0 Å². The number of halogens is 3. The summed E-state index contributed by atoms with van der Waals surface area (Å²) in [7, 11) is 1.35. The average Bonchev–Trinajstić information content (AvgIpc) is 2.82. The molecule has 170 valence electrons. The van der Waals surface area contributed by atoms with Gasteiger partial charge in [0.2, 0.25) is 0 Å². The van der Waals surface area contributed by atoms with Crippen LogP contribution in [0.1, 0.15) is 36.0 Å². The number of hydrogen-bond donors (Lipinski definition) is 0. The number of hydrogen-bond acceptors (Lipinski definition) is 3. The SMILES string of the molecule is CC#C[C@@H](CC(=O)OC)c1ccc(OCc2ccc(-c3ccc(C(F)(F)F)cc3)cc2)cc1. The van der Waals surface area contributed by atoms with Gasteiger partial charge in [-0.05, 0) is 53.4 Å². The molecule has 33 heavy (non-hydrogen) atoms. The maximum Gasteiger partial charge on any atom is 0.416 e. The Labute approximate surface area is 191 Å². The molecule has 0 unspecified atom stereocenters. The zero-order chi connectivity index (χ0) is 23.8. The molecular formula is C27H23F3O3. The molecule has 0 aliphatic rings. The van der Waals surface area contributed by atoms with Crippen LogP contribution >= 0.6 is 0 Å². The van der Waals surface area contributed by atoms with Gasteiger partial charge in [0.1, 0.15) is 12.4 Å². The monoisotopic (exact) mass is 452 g/mol. The first-order valence-corrected chi connectivity index (χ1v) is 10.3. The van der Waals surface area contributed by atoms with Crippen LogP contribution in [0.25, 0.3) is 11.1 Å². The lowest BCUT2D eigenvalue weighted by molar-refractivity contribution is -0.141. The maximum absolute atomic E-state index is 12.7. The summed E-state index contributed by atoms with van der Waals surface area (Å²) >= 11 is 0. The highest BCUT2D eigenvalue weighted by Gasteiger charge is 2.29. The molecule has 0 saturated carbocycles. The molecule has 1 atom stereocenters. The van der Waals surface area contributed by atoms with Crippen molar-refractivity contribution in [3.05, 3.63) is 89.5 Å². The summed E-state index contributed by atoms with van der Waals surface area (Å²) < 4.78 is 48.7. The summed E-state index contributed by atoms with van der Waals surface area (Å²) in [6.45, 7) is 2.07. The Morgan fingerprint density at radius 3 is 2.00 bits per heavy atom. The Kier molecular flexibility index (Phi) is 7.78. The number of methoxy groups -OCH3 is 1. The number of rotatable bonds is 7. The molecule has 0 aliphatic heterocycles. The Balaban J connectivity index is 1.61. The largest absolute Gasteiger partial charge is 0.489 e. The van der Waals surface area contributed by atoms with E-state index < -0.39 is 11.7 Å². The molecule has 0 aliphatic carbocycles. The van der Waals surface area contributed by atoms with Gasteiger partial charge in [-0.15, -0.1) is 5.92 Å². The minimum absolute atomic E-state index is 0.183. The smallest absolute Gasteiger partial charge is 0.416 e. The third-order valence-corrected chi connectivity index (χ3v) is 5.10. The third kappa shape index (κ3) is 6.63. The quantitative estimate of drug-likeness (QED) is 0.298. The fourth-order valence-corrected chi connectivity index (χ4v) is 3.28. The van der Waals surface area contributed by atoms with Gasteiger partial charge in [0.15, 0.2) is 0 Å². The van der Waals surface area contributed by atoms with E-state index in [0.29, 0.717) is 17.9 Å². The number of esters is 1. The van der Waals surface area contributed by atoms with Crippen molar-refractivity contribution < 1.29 is 27.4 Å². The third-order valence-electron chi connectivity index (χ3n) is 5.10. The zero-order valence-corrected chi connectivity index (χ0v) is 18.3. The summed E-state index contributed by atoms with van der Waals surface area (Å²) in [5.41, 5.74) is 2.70. The van der Waals surface area contributed by atoms with E-state index in [4.69, 9.17) is 9.47 Å². The summed E-state index contributed by atoms with van der Waals surface area (Å²) in [4.78, 5) is 11.6. The summed E-state index contributed by atoms with van der Waals surface area (Å²) in [5.74, 6) is 5.98. The van der Waals surface area contributed by atoms with Gasteiger partial charge >= 0.3 is 12.1 Å². The molecule has 3 aromatic rings. The van der Waals surface area contributed by atoms with Crippen LogP contribution in [0.4, 0.5) is 13.2 Å². The normalized spacial score (nSPS) is 11.8. The van der Waals surface area contributed by atoms with Crippen LogP contribution in [-0.2, 0) is 22.3 Å². The molecule has 0 bridgehead atoms. The van der Waals surface area contributed by atoms with E-state index in [0.717, 1.165) is 28.8 Å². The molecule has 0 N–H and O–H groups in total. The zero-order valence-electron chi connectivity index (χ0n) is 18.3. The average molecular weight is 452 g/mol. The van der Waals surface area contributed by atoms with Crippen LogP contribution in [0.5, 0.6) is 5.75 Å². The van der Waals surface area contributed by atoms with E-state index in [1.54, 1.807) is 6.92 Å². The Morgan fingerprint density at radius 1 is 0.909 bits per heavy atom. The number of alkyl halides is 3. The summed E-state index contributed by atoms with van der Waals surface area (Å²) in [5, 5.41) is 0. The van der Waals surface area contributed by atoms with Crippen LogP contribution in [0.15, 0.2) is 72.8 Å². The van der Waals surface area contributed by atoms with Crippen LogP contribution < -0.4 is 4.74 Å². The first-order chi connectivity index (χ1) is 15.8. The first kappa shape index (κ1) is 23.9. The van der Waals surface area contributed by atoms with Gasteiger partial charge in [-0.25, -0.2) is 0 Å². The van der Waals surface area contributed by atoms with Crippen LogP contribution in [0.2, 0.25) is 0 Å². The van der Waals surface area contributed by atoms with Gasteiger partial charge in [0.25, 0.3) is 0 Å². The molecule has 0 spiro atoms. The molecule has 0 heterocycles. The highest BCUT2D eigenvalue weighted by molar-refractivity contribution is 5.71. The van der Waals surface area contributed by atoms with Crippen molar-refractivity contribution in [3.8, 4) is 28.7 Å². The van der Waals surface area contributed by atoms with Crippen molar-refractivity contribution in [2.75, 3.05) is 7.11 Å². The Hall–Kier alpha value is -3.72. The van der Waals surface area contributed by atoms with Crippen molar-refractivity contribution in [3.63, 3.8) is 0 Å². The van der Waals surface area contributed by atoms with Crippen molar-refractivity contribution >= 4 is 5.97 Å². The molecule has 6 heteroatoms. The van der Waals surface area contributed by atoms with E-state index >= 15 is 0 Å². The Morgan fingerprint density at radius 2 is 1.48 bits per heavy atom. The fraction of sp³-hybridized carbons (Fsp3) is 0.222. The number of benzene rings is 3. The lowest BCUT2D eigenvalue weighted by atomic mass is 9.96. The predicted molar refractivity (Wildman–Crippen MR) is 120 cm³/mol. The highest BCUT2D eigenvalue weighted by Crippen LogP contribution is 2.31. The highest BCUT2D eigenvalue weighted by atomic mass is 19.4. The second-order valence-corrected chi connectivity index (χ2v) is 7.36. The predicted octanol–water partition coefficient (Wildman–Crippen LogP) is 6.62. The van der Waals surface area contributed by atoms with Gasteiger partial charge in [-0.3, -0.25) is 4.79 Å². The lowest BCUT2D eigenvalue weighted by Gasteiger charge is -2.12. The molecule has 3 nitrogen and oxygen atoms in total. The van der Waals surface area contributed by atoms with Crippen LogP contribution in [0.3, 0.4) is 0 Å². The van der Waals surface area contributed by atoms with Gasteiger partial charge in [-0.1, -0.05) is 54.5 Å². The van der Waals surface area contributed by atoms with Gasteiger partial charge < -0.3 is 9.47 Å². The second kappa shape index (κ2) is 10.7. The van der Waals surface area contributed by atoms with Crippen LogP contribution in [0, 0.1) is 11.8 Å². The number of carbonyl (C=O) groups excluding carboxylic acids is 1.